The first kappa shape index (κ1) is 8.39. The molecule has 1 amide bonds. The van der Waals surface area contributed by atoms with Crippen molar-refractivity contribution < 1.29 is 9.90 Å². The lowest BCUT2D eigenvalue weighted by Gasteiger charge is -2.10. The van der Waals surface area contributed by atoms with Crippen molar-refractivity contribution in [2.24, 2.45) is 11.5 Å². The monoisotopic (exact) mass is 132 g/mol. The Bertz CT molecular complexity index is 103. The van der Waals surface area contributed by atoms with Crippen molar-refractivity contribution in [1.29, 1.82) is 0 Å². The molecule has 0 bridgehead atoms. The lowest BCUT2D eigenvalue weighted by Crippen LogP contribution is -2.34. The van der Waals surface area contributed by atoms with Crippen LogP contribution in [0.15, 0.2) is 0 Å². The van der Waals surface area contributed by atoms with Crippen LogP contribution in [0.25, 0.3) is 0 Å². The molecule has 0 heterocycles. The Balaban J connectivity index is 3.50. The zero-order chi connectivity index (χ0) is 7.44. The Hall–Kier alpha value is -0.610. The van der Waals surface area contributed by atoms with Gasteiger partial charge in [0.25, 0.3) is 0 Å². The molecule has 9 heavy (non-hydrogen) atoms. The molecule has 0 aromatic carbocycles. The highest BCUT2D eigenvalue weighted by Gasteiger charge is 2.11. The minimum atomic E-state index is -0.803. The van der Waals surface area contributed by atoms with Crippen molar-refractivity contribution in [2.75, 3.05) is 0 Å². The maximum Gasteiger partial charge on any atom is 0.220 e. The van der Waals surface area contributed by atoms with Crippen molar-refractivity contribution in [3.8, 4) is 0 Å². The van der Waals surface area contributed by atoms with Crippen LogP contribution in [-0.4, -0.2) is 23.2 Å². The molecule has 0 radical (unpaired) electrons. The van der Waals surface area contributed by atoms with Crippen LogP contribution in [0.2, 0.25) is 0 Å². The van der Waals surface area contributed by atoms with Gasteiger partial charge in [-0.2, -0.15) is 0 Å². The summed E-state index contributed by atoms with van der Waals surface area (Å²) in [6, 6.07) is -0.391. The molecule has 0 rings (SSSR count). The van der Waals surface area contributed by atoms with E-state index < -0.39 is 18.1 Å². The van der Waals surface area contributed by atoms with Crippen LogP contribution in [0.4, 0.5) is 0 Å². The second-order valence-corrected chi connectivity index (χ2v) is 2.10. The molecule has 4 nitrogen and oxygen atoms in total. The second-order valence-electron chi connectivity index (χ2n) is 2.10. The van der Waals surface area contributed by atoms with Crippen molar-refractivity contribution >= 4 is 5.91 Å². The van der Waals surface area contributed by atoms with Gasteiger partial charge in [-0.1, -0.05) is 0 Å². The van der Waals surface area contributed by atoms with Gasteiger partial charge >= 0.3 is 0 Å². The van der Waals surface area contributed by atoms with Gasteiger partial charge in [0.2, 0.25) is 5.91 Å². The van der Waals surface area contributed by atoms with Crippen LogP contribution in [0, 0.1) is 0 Å². The molecule has 0 fully saturated rings. The van der Waals surface area contributed by atoms with E-state index >= 15 is 0 Å². The van der Waals surface area contributed by atoms with Crippen molar-refractivity contribution in [2.45, 2.75) is 25.5 Å². The Morgan fingerprint density at radius 3 is 2.33 bits per heavy atom. The molecule has 5 N–H and O–H groups in total. The van der Waals surface area contributed by atoms with E-state index in [1.54, 1.807) is 6.92 Å². The highest BCUT2D eigenvalue weighted by Crippen LogP contribution is 1.93. The molecule has 2 unspecified atom stereocenters. The minimum Gasteiger partial charge on any atom is -0.391 e. The number of aliphatic hydroxyl groups excluding tert-OH is 1. The number of rotatable bonds is 3. The fraction of sp³-hybridized carbons (Fsp3) is 0.800. The maximum absolute atomic E-state index is 10.1. The first-order valence-electron chi connectivity index (χ1n) is 2.76. The quantitative estimate of drug-likeness (QED) is 0.439. The number of amides is 1. The third-order valence-corrected chi connectivity index (χ3v) is 1.02. The van der Waals surface area contributed by atoms with Gasteiger partial charge in [-0.3, -0.25) is 4.79 Å². The molecule has 0 aliphatic heterocycles. The predicted octanol–water partition coefficient (Wildman–Crippen LogP) is -1.43. The van der Waals surface area contributed by atoms with Gasteiger partial charge in [0, 0.05) is 6.04 Å². The number of nitrogens with two attached hydrogens (primary N) is 2. The molecule has 0 saturated heterocycles. The molecule has 0 aliphatic rings. The molecule has 0 aromatic rings. The van der Waals surface area contributed by atoms with Crippen molar-refractivity contribution in [3.63, 3.8) is 0 Å². The Kier molecular flexibility index (Phi) is 3.19. The first-order chi connectivity index (χ1) is 4.04. The summed E-state index contributed by atoms with van der Waals surface area (Å²) in [6.45, 7) is 1.62. The average Bonchev–Trinajstić information content (AvgIpc) is 1.63. The fourth-order valence-corrected chi connectivity index (χ4v) is 0.392. The van der Waals surface area contributed by atoms with E-state index in [2.05, 4.69) is 0 Å². The van der Waals surface area contributed by atoms with Gasteiger partial charge in [0.1, 0.15) is 0 Å². The molecular weight excluding hydrogens is 120 g/mol. The predicted molar refractivity (Wildman–Crippen MR) is 33.5 cm³/mol. The number of hydrogen-bond donors (Lipinski definition) is 3. The highest BCUT2D eigenvalue weighted by atomic mass is 16.3. The Morgan fingerprint density at radius 2 is 2.22 bits per heavy atom. The topological polar surface area (TPSA) is 89.3 Å². The summed E-state index contributed by atoms with van der Waals surface area (Å²) in [5.41, 5.74) is 10.0. The van der Waals surface area contributed by atoms with Gasteiger partial charge in [0.15, 0.2) is 0 Å². The first-order valence-corrected chi connectivity index (χ1v) is 2.76. The third kappa shape index (κ3) is 3.93. The average molecular weight is 132 g/mol. The van der Waals surface area contributed by atoms with Crippen LogP contribution >= 0.6 is 0 Å². The third-order valence-electron chi connectivity index (χ3n) is 1.02. The molecular formula is C5H12N2O2. The molecule has 54 valence electrons. The van der Waals surface area contributed by atoms with Crippen LogP contribution in [0.5, 0.6) is 0 Å². The summed E-state index contributed by atoms with van der Waals surface area (Å²) in [4.78, 5) is 10.1. The molecule has 0 aliphatic carbocycles. The van der Waals surface area contributed by atoms with E-state index in [9.17, 15) is 4.79 Å². The van der Waals surface area contributed by atoms with Gasteiger partial charge in [-0.05, 0) is 6.92 Å². The minimum absolute atomic E-state index is 0.0579. The van der Waals surface area contributed by atoms with Crippen molar-refractivity contribution in [3.05, 3.63) is 0 Å². The zero-order valence-corrected chi connectivity index (χ0v) is 5.37. The lowest BCUT2D eigenvalue weighted by atomic mass is 10.1. The van der Waals surface area contributed by atoms with E-state index in [-0.39, 0.29) is 6.42 Å². The van der Waals surface area contributed by atoms with Crippen molar-refractivity contribution in [1.82, 2.24) is 0 Å². The lowest BCUT2D eigenvalue weighted by molar-refractivity contribution is -0.120. The largest absolute Gasteiger partial charge is 0.391 e. The van der Waals surface area contributed by atoms with Gasteiger partial charge < -0.3 is 16.6 Å². The molecule has 4 heteroatoms. The van der Waals surface area contributed by atoms with Gasteiger partial charge in [0.05, 0.1) is 12.5 Å². The van der Waals surface area contributed by atoms with Crippen LogP contribution in [0.1, 0.15) is 13.3 Å². The number of aliphatic hydroxyl groups is 1. The Labute approximate surface area is 53.8 Å². The zero-order valence-electron chi connectivity index (χ0n) is 5.37. The summed E-state index contributed by atoms with van der Waals surface area (Å²) < 4.78 is 0. The van der Waals surface area contributed by atoms with Crippen LogP contribution in [-0.2, 0) is 4.79 Å². The van der Waals surface area contributed by atoms with Crippen LogP contribution in [0.3, 0.4) is 0 Å². The number of carbonyl (C=O) groups is 1. The summed E-state index contributed by atoms with van der Waals surface area (Å²) in [5, 5.41) is 8.87. The summed E-state index contributed by atoms with van der Waals surface area (Å²) in [6.07, 6.45) is -0.861. The van der Waals surface area contributed by atoms with E-state index in [0.717, 1.165) is 0 Å². The summed E-state index contributed by atoms with van der Waals surface area (Å²) in [7, 11) is 0. The molecule has 0 saturated carbocycles. The normalized spacial score (nSPS) is 16.8. The fourth-order valence-electron chi connectivity index (χ4n) is 0.392. The summed E-state index contributed by atoms with van der Waals surface area (Å²) >= 11 is 0. The van der Waals surface area contributed by atoms with E-state index in [0.29, 0.717) is 0 Å². The Morgan fingerprint density at radius 1 is 1.78 bits per heavy atom. The van der Waals surface area contributed by atoms with E-state index in [1.165, 1.54) is 0 Å². The highest BCUT2D eigenvalue weighted by molar-refractivity contribution is 5.74. The van der Waals surface area contributed by atoms with Crippen LogP contribution < -0.4 is 11.5 Å². The molecule has 2 atom stereocenters. The second kappa shape index (κ2) is 3.42. The number of hydrogen-bond acceptors (Lipinski definition) is 3. The standard InChI is InChI=1S/C5H12N2O2/c1-3(6)4(8)2-5(7)9/h3-4,8H,2,6H2,1H3,(H2,7,9). The van der Waals surface area contributed by atoms with E-state index in [1.807, 2.05) is 0 Å². The van der Waals surface area contributed by atoms with Gasteiger partial charge in [-0.25, -0.2) is 0 Å². The maximum atomic E-state index is 10.1. The number of carbonyl (C=O) groups excluding carboxylic acids is 1. The summed E-state index contributed by atoms with van der Waals surface area (Å²) in [5.74, 6) is -0.528. The smallest absolute Gasteiger partial charge is 0.220 e. The van der Waals surface area contributed by atoms with Gasteiger partial charge in [-0.15, -0.1) is 0 Å². The molecule has 0 spiro atoms. The van der Waals surface area contributed by atoms with E-state index in [4.69, 9.17) is 16.6 Å². The SMILES string of the molecule is CC(N)C(O)CC(N)=O. The number of primary amides is 1. The molecule has 0 aromatic heterocycles.